The van der Waals surface area contributed by atoms with Crippen LogP contribution in [0.1, 0.15) is 19.3 Å². The number of amides is 1. The lowest BCUT2D eigenvalue weighted by molar-refractivity contribution is -0.131. The van der Waals surface area contributed by atoms with Crippen molar-refractivity contribution < 1.29 is 35.6 Å². The molecule has 2 aromatic carbocycles. The number of sulfonamides is 2. The molecule has 0 aliphatic rings. The standard InChI is InChI=1S/C18H21F2N3O6S2/c19-13-4-8-15(9-5-13)30(26,27)21-12-2-1-3-17(18(24)22-25)23-31(28,29)16-10-6-14(20)7-11-16/h4-11,17,21,23,25H,1-3,12H2,(H,22,24)/t17-/m0/s1. The third kappa shape index (κ3) is 7.33. The Hall–Kier alpha value is -2.45. The maximum atomic E-state index is 13.0. The lowest BCUT2D eigenvalue weighted by Gasteiger charge is -2.17. The fourth-order valence-corrected chi connectivity index (χ4v) is 4.87. The van der Waals surface area contributed by atoms with E-state index in [4.69, 9.17) is 5.21 Å². The van der Waals surface area contributed by atoms with E-state index in [2.05, 4.69) is 9.44 Å². The quantitative estimate of drug-likeness (QED) is 0.218. The van der Waals surface area contributed by atoms with Gasteiger partial charge in [-0.05, 0) is 61.4 Å². The second kappa shape index (κ2) is 10.7. The van der Waals surface area contributed by atoms with Crippen LogP contribution in [-0.4, -0.2) is 40.5 Å². The highest BCUT2D eigenvalue weighted by atomic mass is 32.2. The first kappa shape index (κ1) is 24.8. The van der Waals surface area contributed by atoms with E-state index in [1.165, 1.54) is 5.48 Å². The topological polar surface area (TPSA) is 142 Å². The number of unbranched alkanes of at least 4 members (excludes halogenated alkanes) is 1. The molecule has 0 radical (unpaired) electrons. The number of hydroxylamine groups is 1. The van der Waals surface area contributed by atoms with E-state index in [0.717, 1.165) is 48.5 Å². The van der Waals surface area contributed by atoms with Crippen molar-refractivity contribution in [3.8, 4) is 0 Å². The zero-order chi connectivity index (χ0) is 23.1. The van der Waals surface area contributed by atoms with Crippen molar-refractivity contribution in [1.82, 2.24) is 14.9 Å². The number of halogens is 2. The summed E-state index contributed by atoms with van der Waals surface area (Å²) < 4.78 is 79.3. The third-order valence-electron chi connectivity index (χ3n) is 4.18. The molecule has 0 heterocycles. The van der Waals surface area contributed by atoms with Gasteiger partial charge >= 0.3 is 0 Å². The molecule has 0 spiro atoms. The molecular formula is C18H21F2N3O6S2. The van der Waals surface area contributed by atoms with Crippen molar-refractivity contribution >= 4 is 26.0 Å². The molecule has 0 fully saturated rings. The molecule has 9 nitrogen and oxygen atoms in total. The zero-order valence-corrected chi connectivity index (χ0v) is 17.7. The van der Waals surface area contributed by atoms with Gasteiger partial charge in [0.15, 0.2) is 0 Å². The van der Waals surface area contributed by atoms with Crippen molar-refractivity contribution in [3.63, 3.8) is 0 Å². The summed E-state index contributed by atoms with van der Waals surface area (Å²) in [6.45, 7) is -0.0160. The van der Waals surface area contributed by atoms with E-state index in [1.54, 1.807) is 0 Å². The Labute approximate surface area is 178 Å². The Morgan fingerprint density at radius 1 is 0.839 bits per heavy atom. The molecule has 1 atom stereocenters. The molecule has 0 saturated heterocycles. The molecule has 1 amide bonds. The minimum atomic E-state index is -4.17. The van der Waals surface area contributed by atoms with Crippen molar-refractivity contribution in [1.29, 1.82) is 0 Å². The van der Waals surface area contributed by atoms with E-state index in [1.807, 2.05) is 0 Å². The number of carbonyl (C=O) groups is 1. The Morgan fingerprint density at radius 3 is 1.81 bits per heavy atom. The molecule has 2 aromatic rings. The predicted molar refractivity (Wildman–Crippen MR) is 106 cm³/mol. The largest absolute Gasteiger partial charge is 0.289 e. The maximum Gasteiger partial charge on any atom is 0.261 e. The SMILES string of the molecule is O=C(NO)[C@H](CCCCNS(=O)(=O)c1ccc(F)cc1)NS(=O)(=O)c1ccc(F)cc1. The lowest BCUT2D eigenvalue weighted by atomic mass is 10.1. The van der Waals surface area contributed by atoms with Gasteiger partial charge in [0.1, 0.15) is 17.7 Å². The van der Waals surface area contributed by atoms with Crippen LogP contribution in [0.2, 0.25) is 0 Å². The molecule has 13 heteroatoms. The Bertz CT molecular complexity index is 1090. The van der Waals surface area contributed by atoms with Crippen LogP contribution in [0.4, 0.5) is 8.78 Å². The molecular weight excluding hydrogens is 456 g/mol. The molecule has 0 aliphatic heterocycles. The van der Waals surface area contributed by atoms with Crippen molar-refractivity contribution in [3.05, 3.63) is 60.2 Å². The molecule has 0 saturated carbocycles. The summed E-state index contributed by atoms with van der Waals surface area (Å²) in [5.74, 6) is -2.21. The van der Waals surface area contributed by atoms with Gasteiger partial charge in [-0.2, -0.15) is 4.72 Å². The average Bonchev–Trinajstić information content (AvgIpc) is 2.72. The summed E-state index contributed by atoms with van der Waals surface area (Å²) in [5, 5.41) is 8.86. The van der Waals surface area contributed by atoms with Gasteiger partial charge in [-0.15, -0.1) is 0 Å². The number of rotatable bonds is 11. The number of nitrogens with one attached hydrogen (secondary N) is 3. The summed E-state index contributed by atoms with van der Waals surface area (Å²) >= 11 is 0. The molecule has 31 heavy (non-hydrogen) atoms. The van der Waals surface area contributed by atoms with Gasteiger partial charge in [0, 0.05) is 6.54 Å². The zero-order valence-electron chi connectivity index (χ0n) is 16.1. The Kier molecular flexibility index (Phi) is 8.59. The van der Waals surface area contributed by atoms with E-state index >= 15 is 0 Å². The minimum Gasteiger partial charge on any atom is -0.289 e. The van der Waals surface area contributed by atoms with Gasteiger partial charge in [0.25, 0.3) is 5.91 Å². The van der Waals surface area contributed by atoms with Crippen LogP contribution in [0.15, 0.2) is 58.3 Å². The number of carbonyl (C=O) groups excluding carboxylic acids is 1. The van der Waals surface area contributed by atoms with E-state index in [0.29, 0.717) is 0 Å². The van der Waals surface area contributed by atoms with Crippen LogP contribution in [0.3, 0.4) is 0 Å². The van der Waals surface area contributed by atoms with Crippen LogP contribution in [0.25, 0.3) is 0 Å². The van der Waals surface area contributed by atoms with Gasteiger partial charge in [0.05, 0.1) is 9.79 Å². The summed E-state index contributed by atoms with van der Waals surface area (Å²) in [4.78, 5) is 11.4. The van der Waals surface area contributed by atoms with Crippen LogP contribution >= 0.6 is 0 Å². The van der Waals surface area contributed by atoms with Crippen molar-refractivity contribution in [2.24, 2.45) is 0 Å². The molecule has 0 aromatic heterocycles. The first-order valence-electron chi connectivity index (χ1n) is 9.02. The van der Waals surface area contributed by atoms with Gasteiger partial charge in [-0.25, -0.2) is 35.8 Å². The smallest absolute Gasteiger partial charge is 0.261 e. The van der Waals surface area contributed by atoms with Gasteiger partial charge < -0.3 is 0 Å². The van der Waals surface area contributed by atoms with Crippen molar-refractivity contribution in [2.45, 2.75) is 35.1 Å². The van der Waals surface area contributed by atoms with Gasteiger partial charge in [0.2, 0.25) is 20.0 Å². The number of hydrogen-bond donors (Lipinski definition) is 4. The highest BCUT2D eigenvalue weighted by Crippen LogP contribution is 2.13. The fourth-order valence-electron chi connectivity index (χ4n) is 2.57. The highest BCUT2D eigenvalue weighted by molar-refractivity contribution is 7.89. The van der Waals surface area contributed by atoms with E-state index in [9.17, 15) is 30.4 Å². The molecule has 0 aliphatic carbocycles. The molecule has 2 rings (SSSR count). The lowest BCUT2D eigenvalue weighted by Crippen LogP contribution is -2.45. The third-order valence-corrected chi connectivity index (χ3v) is 7.15. The second-order valence-electron chi connectivity index (χ2n) is 6.45. The predicted octanol–water partition coefficient (Wildman–Crippen LogP) is 1.27. The fraction of sp³-hybridized carbons (Fsp3) is 0.278. The summed E-state index contributed by atoms with van der Waals surface area (Å²) in [7, 11) is -8.01. The molecule has 0 bridgehead atoms. The average molecular weight is 478 g/mol. The maximum absolute atomic E-state index is 13.0. The van der Waals surface area contributed by atoms with Crippen molar-refractivity contribution in [2.75, 3.05) is 6.54 Å². The van der Waals surface area contributed by atoms with Gasteiger partial charge in [-0.3, -0.25) is 10.0 Å². The first-order valence-corrected chi connectivity index (χ1v) is 12.0. The molecule has 0 unspecified atom stereocenters. The first-order chi connectivity index (χ1) is 14.5. The van der Waals surface area contributed by atoms with Crippen LogP contribution in [0.5, 0.6) is 0 Å². The second-order valence-corrected chi connectivity index (χ2v) is 9.93. The normalized spacial score (nSPS) is 13.0. The summed E-state index contributed by atoms with van der Waals surface area (Å²) in [6, 6.07) is 6.86. The Balaban J connectivity index is 1.91. The van der Waals surface area contributed by atoms with E-state index in [-0.39, 0.29) is 35.6 Å². The molecule has 4 N–H and O–H groups in total. The van der Waals surface area contributed by atoms with Crippen LogP contribution < -0.4 is 14.9 Å². The highest BCUT2D eigenvalue weighted by Gasteiger charge is 2.25. The number of hydrogen-bond acceptors (Lipinski definition) is 6. The van der Waals surface area contributed by atoms with Gasteiger partial charge in [-0.1, -0.05) is 6.42 Å². The summed E-state index contributed by atoms with van der Waals surface area (Å²) in [5.41, 5.74) is 1.37. The van der Waals surface area contributed by atoms with E-state index < -0.39 is 43.6 Å². The minimum absolute atomic E-state index is 0.0160. The monoisotopic (exact) mass is 477 g/mol. The molecule has 170 valence electrons. The van der Waals surface area contributed by atoms with Crippen LogP contribution in [-0.2, 0) is 24.8 Å². The summed E-state index contributed by atoms with van der Waals surface area (Å²) in [6.07, 6.45) is 0.412. The number of benzene rings is 2. The Morgan fingerprint density at radius 2 is 1.32 bits per heavy atom. The van der Waals surface area contributed by atoms with Crippen LogP contribution in [0, 0.1) is 11.6 Å².